The van der Waals surface area contributed by atoms with E-state index in [1.165, 1.54) is 32.5 Å². The molecule has 0 saturated carbocycles. The molecule has 0 spiro atoms. The topological polar surface area (TPSA) is 64.7 Å². The Morgan fingerprint density at radius 2 is 1.04 bits per heavy atom. The quantitative estimate of drug-likeness (QED) is 0.167. The molecule has 0 saturated heterocycles. The molecule has 0 radical (unpaired) electrons. The molecular formula is C50H30N4O. The van der Waals surface area contributed by atoms with Gasteiger partial charge < -0.3 is 4.42 Å². The third-order valence-electron chi connectivity index (χ3n) is 10.6. The van der Waals surface area contributed by atoms with Gasteiger partial charge in [-0.3, -0.25) is 4.98 Å². The molecule has 11 aromatic rings. The first kappa shape index (κ1) is 31.1. The molecule has 5 nitrogen and oxygen atoms in total. The molecule has 5 heteroatoms. The van der Waals surface area contributed by atoms with E-state index in [1.54, 1.807) is 0 Å². The Bertz CT molecular complexity index is 3260. The first-order valence-electron chi connectivity index (χ1n) is 18.4. The van der Waals surface area contributed by atoms with Crippen molar-refractivity contribution in [1.82, 2.24) is 19.9 Å². The molecule has 3 heterocycles. The zero-order valence-corrected chi connectivity index (χ0v) is 29.5. The lowest BCUT2D eigenvalue weighted by atomic mass is 9.92. The fourth-order valence-electron chi connectivity index (χ4n) is 7.95. The van der Waals surface area contributed by atoms with E-state index in [-0.39, 0.29) is 0 Å². The van der Waals surface area contributed by atoms with Gasteiger partial charge in [0.05, 0.1) is 5.56 Å². The summed E-state index contributed by atoms with van der Waals surface area (Å²) >= 11 is 0. The Labute approximate surface area is 316 Å². The molecule has 55 heavy (non-hydrogen) atoms. The fraction of sp³-hybridized carbons (Fsp3) is 0. The Kier molecular flexibility index (Phi) is 7.10. The normalized spacial score (nSPS) is 11.6. The van der Waals surface area contributed by atoms with E-state index < -0.39 is 0 Å². The van der Waals surface area contributed by atoms with Crippen molar-refractivity contribution in [3.05, 3.63) is 182 Å². The molecule has 0 unspecified atom stereocenters. The maximum atomic E-state index is 6.46. The van der Waals surface area contributed by atoms with Crippen LogP contribution in [0.25, 0.3) is 111 Å². The van der Waals surface area contributed by atoms with Crippen LogP contribution in [-0.2, 0) is 0 Å². The fourth-order valence-corrected chi connectivity index (χ4v) is 7.95. The van der Waals surface area contributed by atoms with Gasteiger partial charge in [0.15, 0.2) is 17.5 Å². The first-order valence-corrected chi connectivity index (χ1v) is 18.4. The van der Waals surface area contributed by atoms with Crippen molar-refractivity contribution in [3.63, 3.8) is 0 Å². The summed E-state index contributed by atoms with van der Waals surface area (Å²) in [6.45, 7) is 0. The lowest BCUT2D eigenvalue weighted by Crippen LogP contribution is -2.00. The van der Waals surface area contributed by atoms with Crippen molar-refractivity contribution in [2.75, 3.05) is 0 Å². The summed E-state index contributed by atoms with van der Waals surface area (Å²) in [6, 6.07) is 59.0. The number of aromatic nitrogens is 4. The van der Waals surface area contributed by atoms with Crippen LogP contribution in [0.1, 0.15) is 0 Å². The first-order chi connectivity index (χ1) is 27.2. The summed E-state index contributed by atoms with van der Waals surface area (Å²) in [6.07, 6.45) is 3.81. The van der Waals surface area contributed by atoms with Crippen LogP contribution in [0.3, 0.4) is 0 Å². The zero-order valence-electron chi connectivity index (χ0n) is 29.5. The smallest absolute Gasteiger partial charge is 0.167 e. The van der Waals surface area contributed by atoms with Crippen LogP contribution in [-0.4, -0.2) is 19.9 Å². The number of fused-ring (bicyclic) bond motifs is 8. The van der Waals surface area contributed by atoms with E-state index in [0.29, 0.717) is 17.5 Å². The summed E-state index contributed by atoms with van der Waals surface area (Å²) in [4.78, 5) is 19.8. The second-order valence-electron chi connectivity index (χ2n) is 13.8. The molecule has 11 rings (SSSR count). The number of rotatable bonds is 5. The van der Waals surface area contributed by atoms with E-state index in [4.69, 9.17) is 19.4 Å². The minimum absolute atomic E-state index is 0.557. The molecule has 0 fully saturated rings. The number of para-hydroxylation sites is 2. The predicted molar refractivity (Wildman–Crippen MR) is 225 cm³/mol. The van der Waals surface area contributed by atoms with Gasteiger partial charge in [-0.2, -0.15) is 0 Å². The molecule has 256 valence electrons. The minimum atomic E-state index is 0.557. The maximum absolute atomic E-state index is 6.46. The van der Waals surface area contributed by atoms with Gasteiger partial charge in [-0.1, -0.05) is 146 Å². The predicted octanol–water partition coefficient (Wildman–Crippen LogP) is 13.0. The summed E-state index contributed by atoms with van der Waals surface area (Å²) in [7, 11) is 0. The van der Waals surface area contributed by atoms with Crippen LogP contribution in [0.4, 0.5) is 0 Å². The van der Waals surface area contributed by atoms with Crippen molar-refractivity contribution < 1.29 is 4.42 Å². The summed E-state index contributed by atoms with van der Waals surface area (Å²) in [5.41, 5.74) is 8.72. The molecule has 0 aliphatic rings. The maximum Gasteiger partial charge on any atom is 0.167 e. The highest BCUT2D eigenvalue weighted by Crippen LogP contribution is 2.39. The lowest BCUT2D eigenvalue weighted by Gasteiger charge is -2.13. The molecule has 0 amide bonds. The van der Waals surface area contributed by atoms with Crippen molar-refractivity contribution in [1.29, 1.82) is 0 Å². The highest BCUT2D eigenvalue weighted by Gasteiger charge is 2.18. The number of benzene rings is 8. The third-order valence-corrected chi connectivity index (χ3v) is 10.6. The Balaban J connectivity index is 1.07. The minimum Gasteiger partial charge on any atom is -0.455 e. The van der Waals surface area contributed by atoms with Crippen molar-refractivity contribution >= 4 is 54.3 Å². The standard InChI is InChI=1S/C50H30N4O/c1-2-9-31(10-3-1)36-12-6-13-37(29-36)49-52-48(53-50(54-49)43-17-8-16-42-40-14-4-5-18-45(40)55-47(42)43)35-21-19-32(20-22-35)38-15-7-11-34-24-25-39-41(46(34)38)26-23-33-27-28-51-30-44(33)39/h1-30H. The van der Waals surface area contributed by atoms with Gasteiger partial charge in [0.1, 0.15) is 11.2 Å². The molecule has 8 aromatic carbocycles. The number of hydrogen-bond donors (Lipinski definition) is 0. The lowest BCUT2D eigenvalue weighted by molar-refractivity contribution is 0.669. The molecule has 0 atom stereocenters. The molecular weight excluding hydrogens is 673 g/mol. The van der Waals surface area contributed by atoms with Crippen LogP contribution in [0.2, 0.25) is 0 Å². The third kappa shape index (κ3) is 5.24. The van der Waals surface area contributed by atoms with Gasteiger partial charge in [-0.15, -0.1) is 0 Å². The average molecular weight is 703 g/mol. The highest BCUT2D eigenvalue weighted by molar-refractivity contribution is 6.20. The number of pyridine rings is 1. The summed E-state index contributed by atoms with van der Waals surface area (Å²) < 4.78 is 6.46. The summed E-state index contributed by atoms with van der Waals surface area (Å²) in [5.74, 6) is 1.74. The number of nitrogens with zero attached hydrogens (tertiary/aromatic N) is 4. The van der Waals surface area contributed by atoms with E-state index >= 15 is 0 Å². The van der Waals surface area contributed by atoms with Crippen LogP contribution in [0.5, 0.6) is 0 Å². The van der Waals surface area contributed by atoms with E-state index in [9.17, 15) is 0 Å². The van der Waals surface area contributed by atoms with Gasteiger partial charge in [0, 0.05) is 39.7 Å². The zero-order chi connectivity index (χ0) is 36.3. The average Bonchev–Trinajstić information content (AvgIpc) is 3.65. The SMILES string of the molecule is c1ccc(-c2cccc(-c3nc(-c4ccc(-c5cccc6ccc7c8cnccc8ccc7c56)cc4)nc(-c4cccc5c4oc4ccccc45)n3)c2)cc1. The van der Waals surface area contributed by atoms with Gasteiger partial charge in [-0.05, 0) is 73.5 Å². The van der Waals surface area contributed by atoms with Crippen molar-refractivity contribution in [3.8, 4) is 56.4 Å². The van der Waals surface area contributed by atoms with Crippen molar-refractivity contribution in [2.24, 2.45) is 0 Å². The monoisotopic (exact) mass is 702 g/mol. The molecule has 0 N–H and O–H groups in total. The van der Waals surface area contributed by atoms with Crippen LogP contribution >= 0.6 is 0 Å². The van der Waals surface area contributed by atoms with Crippen LogP contribution in [0.15, 0.2) is 187 Å². The second-order valence-corrected chi connectivity index (χ2v) is 13.8. The second kappa shape index (κ2) is 12.6. The largest absolute Gasteiger partial charge is 0.455 e. The van der Waals surface area contributed by atoms with Gasteiger partial charge >= 0.3 is 0 Å². The number of furan rings is 1. The Hall–Kier alpha value is -7.50. The molecule has 3 aromatic heterocycles. The van der Waals surface area contributed by atoms with E-state index in [2.05, 4.69) is 138 Å². The van der Waals surface area contributed by atoms with Gasteiger partial charge in [0.2, 0.25) is 0 Å². The van der Waals surface area contributed by atoms with Crippen LogP contribution < -0.4 is 0 Å². The Morgan fingerprint density at radius 3 is 1.95 bits per heavy atom. The molecule has 0 aliphatic carbocycles. The number of hydrogen-bond acceptors (Lipinski definition) is 5. The summed E-state index contributed by atoms with van der Waals surface area (Å²) in [5, 5.41) is 9.25. The van der Waals surface area contributed by atoms with E-state index in [0.717, 1.165) is 60.7 Å². The Morgan fingerprint density at radius 1 is 0.364 bits per heavy atom. The molecule has 0 bridgehead atoms. The van der Waals surface area contributed by atoms with Gasteiger partial charge in [0.25, 0.3) is 0 Å². The van der Waals surface area contributed by atoms with Gasteiger partial charge in [-0.25, -0.2) is 15.0 Å². The van der Waals surface area contributed by atoms with Crippen molar-refractivity contribution in [2.45, 2.75) is 0 Å². The van der Waals surface area contributed by atoms with Crippen LogP contribution in [0, 0.1) is 0 Å². The van der Waals surface area contributed by atoms with E-state index in [1.807, 2.05) is 48.8 Å². The molecule has 0 aliphatic heterocycles. The highest BCUT2D eigenvalue weighted by atomic mass is 16.3.